The van der Waals surface area contributed by atoms with Crippen molar-refractivity contribution < 1.29 is 0 Å². The first-order valence-electron chi connectivity index (χ1n) is 7.22. The maximum absolute atomic E-state index is 6.18. The van der Waals surface area contributed by atoms with E-state index < -0.39 is 0 Å². The van der Waals surface area contributed by atoms with E-state index in [0.717, 1.165) is 18.1 Å². The van der Waals surface area contributed by atoms with Crippen LogP contribution in [0.3, 0.4) is 0 Å². The maximum atomic E-state index is 6.18. The van der Waals surface area contributed by atoms with E-state index in [0.29, 0.717) is 0 Å². The third-order valence-electron chi connectivity index (χ3n) is 2.98. The zero-order valence-electron chi connectivity index (χ0n) is 14.0. The highest BCUT2D eigenvalue weighted by atomic mass is 35.5. The average Bonchev–Trinajstić information content (AvgIpc) is 2.23. The maximum Gasteiger partial charge on any atom is 0.0426 e. The summed E-state index contributed by atoms with van der Waals surface area (Å²) in [6.45, 7) is 15.1. The van der Waals surface area contributed by atoms with Gasteiger partial charge in [0, 0.05) is 36.4 Å². The Bertz CT molecular complexity index is 441. The van der Waals surface area contributed by atoms with Crippen molar-refractivity contribution in [2.45, 2.75) is 53.6 Å². The second-order valence-corrected chi connectivity index (χ2v) is 8.23. The molecule has 0 spiro atoms. The van der Waals surface area contributed by atoms with Gasteiger partial charge in [-0.25, -0.2) is 0 Å². The van der Waals surface area contributed by atoms with Gasteiger partial charge in [-0.05, 0) is 43.9 Å². The number of nitrogens with one attached hydrogen (secondary N) is 1. The Balaban J connectivity index is 2.95. The smallest absolute Gasteiger partial charge is 0.0426 e. The molecule has 0 aromatic heterocycles. The summed E-state index contributed by atoms with van der Waals surface area (Å²) in [5, 5.41) is 4.34. The van der Waals surface area contributed by atoms with Gasteiger partial charge in [0.15, 0.2) is 0 Å². The van der Waals surface area contributed by atoms with E-state index in [1.54, 1.807) is 0 Å². The van der Waals surface area contributed by atoms with Crippen LogP contribution in [0.4, 0.5) is 5.69 Å². The summed E-state index contributed by atoms with van der Waals surface area (Å²) in [5.41, 5.74) is 2.87. The minimum atomic E-state index is 0.111. The molecule has 0 aliphatic carbocycles. The largest absolute Gasteiger partial charge is 0.374 e. The van der Waals surface area contributed by atoms with E-state index in [2.05, 4.69) is 70.9 Å². The van der Waals surface area contributed by atoms with Crippen molar-refractivity contribution in [1.82, 2.24) is 5.32 Å². The molecule has 0 amide bonds. The van der Waals surface area contributed by atoms with Crippen molar-refractivity contribution in [2.75, 3.05) is 18.5 Å². The molecule has 0 heterocycles. The second-order valence-electron chi connectivity index (χ2n) is 7.79. The zero-order chi connectivity index (χ0) is 15.6. The summed E-state index contributed by atoms with van der Waals surface area (Å²) < 4.78 is 0. The summed E-state index contributed by atoms with van der Waals surface area (Å²) >= 11 is 6.18. The molecule has 0 atom stereocenters. The summed E-state index contributed by atoms with van der Waals surface area (Å²) in [6, 6.07) is 6.15. The number of benzene rings is 1. The lowest BCUT2D eigenvalue weighted by Crippen LogP contribution is -2.36. The molecule has 0 unspecified atom stereocenters. The molecule has 0 radical (unpaired) electrons. The molecular weight excluding hydrogens is 268 g/mol. The Morgan fingerprint density at radius 2 is 1.70 bits per heavy atom. The Labute approximate surface area is 129 Å². The molecule has 2 nitrogen and oxygen atoms in total. The number of nitrogens with zero attached hydrogens (tertiary/aromatic N) is 1. The highest BCUT2D eigenvalue weighted by molar-refractivity contribution is 6.30. The molecule has 0 aliphatic heterocycles. The fourth-order valence-corrected chi connectivity index (χ4v) is 2.37. The SMILES string of the molecule is CN(CC(C)(C)C)c1cc(Cl)ccc1CNC(C)(C)C. The highest BCUT2D eigenvalue weighted by Crippen LogP contribution is 2.27. The van der Waals surface area contributed by atoms with Crippen LogP contribution in [0.1, 0.15) is 47.1 Å². The van der Waals surface area contributed by atoms with E-state index in [4.69, 9.17) is 11.6 Å². The second kappa shape index (κ2) is 6.36. The molecule has 0 saturated carbocycles. The lowest BCUT2D eigenvalue weighted by Gasteiger charge is -2.31. The Morgan fingerprint density at radius 1 is 1.10 bits per heavy atom. The van der Waals surface area contributed by atoms with Crippen LogP contribution < -0.4 is 10.2 Å². The first kappa shape index (κ1) is 17.3. The average molecular weight is 297 g/mol. The van der Waals surface area contributed by atoms with Gasteiger partial charge >= 0.3 is 0 Å². The fourth-order valence-electron chi connectivity index (χ4n) is 2.20. The molecule has 1 rings (SSSR count). The Hall–Kier alpha value is -0.730. The van der Waals surface area contributed by atoms with Crippen LogP contribution >= 0.6 is 11.6 Å². The molecule has 0 saturated heterocycles. The van der Waals surface area contributed by atoms with Gasteiger partial charge in [0.2, 0.25) is 0 Å². The molecule has 1 aromatic carbocycles. The zero-order valence-corrected chi connectivity index (χ0v) is 14.7. The molecule has 3 heteroatoms. The van der Waals surface area contributed by atoms with Crippen LogP contribution in [0.2, 0.25) is 5.02 Å². The summed E-state index contributed by atoms with van der Waals surface area (Å²) in [5.74, 6) is 0. The van der Waals surface area contributed by atoms with Crippen LogP contribution in [0.5, 0.6) is 0 Å². The number of hydrogen-bond acceptors (Lipinski definition) is 2. The van der Waals surface area contributed by atoms with Crippen LogP contribution in [-0.4, -0.2) is 19.1 Å². The van der Waals surface area contributed by atoms with E-state index in [-0.39, 0.29) is 11.0 Å². The van der Waals surface area contributed by atoms with Crippen molar-refractivity contribution >= 4 is 17.3 Å². The number of rotatable bonds is 4. The predicted molar refractivity (Wildman–Crippen MR) is 90.8 cm³/mol. The summed E-state index contributed by atoms with van der Waals surface area (Å²) in [6.07, 6.45) is 0. The van der Waals surface area contributed by atoms with Gasteiger partial charge in [0.05, 0.1) is 0 Å². The van der Waals surface area contributed by atoms with Gasteiger partial charge in [-0.1, -0.05) is 38.4 Å². The van der Waals surface area contributed by atoms with Crippen molar-refractivity contribution in [3.05, 3.63) is 28.8 Å². The van der Waals surface area contributed by atoms with Crippen molar-refractivity contribution in [1.29, 1.82) is 0 Å². The first-order chi connectivity index (χ1) is 8.98. The van der Waals surface area contributed by atoms with Crippen molar-refractivity contribution in [2.24, 2.45) is 5.41 Å². The van der Waals surface area contributed by atoms with Gasteiger partial charge in [-0.15, -0.1) is 0 Å². The molecule has 0 bridgehead atoms. The van der Waals surface area contributed by atoms with Crippen LogP contribution in [0, 0.1) is 5.41 Å². The monoisotopic (exact) mass is 296 g/mol. The first-order valence-corrected chi connectivity index (χ1v) is 7.60. The number of halogens is 1. The molecule has 0 aliphatic rings. The number of anilines is 1. The van der Waals surface area contributed by atoms with E-state index in [1.807, 2.05) is 6.07 Å². The van der Waals surface area contributed by atoms with Gasteiger partial charge in [0.25, 0.3) is 0 Å². The Morgan fingerprint density at radius 3 is 2.20 bits per heavy atom. The minimum Gasteiger partial charge on any atom is -0.374 e. The van der Waals surface area contributed by atoms with Crippen LogP contribution in [-0.2, 0) is 6.54 Å². The minimum absolute atomic E-state index is 0.111. The molecule has 1 N–H and O–H groups in total. The molecular formula is C17H29ClN2. The molecule has 1 aromatic rings. The third kappa shape index (κ3) is 6.15. The van der Waals surface area contributed by atoms with Crippen molar-refractivity contribution in [3.8, 4) is 0 Å². The van der Waals surface area contributed by atoms with E-state index in [1.165, 1.54) is 11.3 Å². The van der Waals surface area contributed by atoms with E-state index >= 15 is 0 Å². The lowest BCUT2D eigenvalue weighted by molar-refractivity contribution is 0.414. The molecule has 20 heavy (non-hydrogen) atoms. The quantitative estimate of drug-likeness (QED) is 0.865. The normalized spacial score (nSPS) is 12.6. The van der Waals surface area contributed by atoms with Gasteiger partial charge in [-0.3, -0.25) is 0 Å². The molecule has 114 valence electrons. The van der Waals surface area contributed by atoms with E-state index in [9.17, 15) is 0 Å². The van der Waals surface area contributed by atoms with Crippen molar-refractivity contribution in [3.63, 3.8) is 0 Å². The van der Waals surface area contributed by atoms with Crippen LogP contribution in [0.25, 0.3) is 0 Å². The Kier molecular flexibility index (Phi) is 5.51. The standard InChI is InChI=1S/C17H29ClN2/c1-16(2,3)12-20(7)15-10-14(18)9-8-13(15)11-19-17(4,5)6/h8-10,19H,11-12H2,1-7H3. The number of hydrogen-bond donors (Lipinski definition) is 1. The summed E-state index contributed by atoms with van der Waals surface area (Å²) in [7, 11) is 2.14. The van der Waals surface area contributed by atoms with Gasteiger partial charge in [0.1, 0.15) is 0 Å². The van der Waals surface area contributed by atoms with Gasteiger partial charge < -0.3 is 10.2 Å². The predicted octanol–water partition coefficient (Wildman–Crippen LogP) is 4.71. The topological polar surface area (TPSA) is 15.3 Å². The lowest BCUT2D eigenvalue weighted by atomic mass is 9.95. The van der Waals surface area contributed by atoms with Gasteiger partial charge in [-0.2, -0.15) is 0 Å². The third-order valence-corrected chi connectivity index (χ3v) is 3.21. The summed E-state index contributed by atoms with van der Waals surface area (Å²) in [4.78, 5) is 2.30. The highest BCUT2D eigenvalue weighted by Gasteiger charge is 2.17. The fraction of sp³-hybridized carbons (Fsp3) is 0.647. The van der Waals surface area contributed by atoms with Crippen LogP contribution in [0.15, 0.2) is 18.2 Å². The molecule has 0 fully saturated rings.